The van der Waals surface area contributed by atoms with Gasteiger partial charge in [0.25, 0.3) is 0 Å². The molecule has 0 amide bonds. The van der Waals surface area contributed by atoms with E-state index in [0.29, 0.717) is 28.5 Å². The second-order valence-electron chi connectivity index (χ2n) is 4.51. The van der Waals surface area contributed by atoms with Crippen LogP contribution in [0, 0.1) is 0 Å². The Labute approximate surface area is 127 Å². The molecular weight excluding hydrogens is 284 g/mol. The molecule has 0 bridgehead atoms. The lowest BCUT2D eigenvalue weighted by atomic mass is 10.1. The van der Waals surface area contributed by atoms with Gasteiger partial charge in [0.1, 0.15) is 12.9 Å². The number of carbonyl (C=O) groups excluding carboxylic acids is 3. The largest absolute Gasteiger partial charge is 0.465 e. The van der Waals surface area contributed by atoms with Gasteiger partial charge in [0, 0.05) is 5.56 Å². The van der Waals surface area contributed by atoms with Gasteiger partial charge in [-0.25, -0.2) is 9.59 Å². The maximum atomic E-state index is 11.9. The van der Waals surface area contributed by atoms with Crippen LogP contribution in [0.3, 0.4) is 0 Å². The van der Waals surface area contributed by atoms with Crippen LogP contribution in [0.4, 0.5) is 0 Å². The van der Waals surface area contributed by atoms with Crippen LogP contribution in [-0.2, 0) is 16.1 Å². The van der Waals surface area contributed by atoms with Gasteiger partial charge in [-0.05, 0) is 29.8 Å². The molecule has 0 saturated carbocycles. The van der Waals surface area contributed by atoms with Crippen LogP contribution < -0.4 is 0 Å². The molecule has 0 aliphatic rings. The SMILES string of the molecule is COC(=O)c1cccc(COC(=O)c2ccc(C=O)cc2)c1. The number of ether oxygens (including phenoxy) is 2. The summed E-state index contributed by atoms with van der Waals surface area (Å²) in [6, 6.07) is 12.8. The minimum atomic E-state index is -0.499. The highest BCUT2D eigenvalue weighted by atomic mass is 16.5. The number of hydrogen-bond acceptors (Lipinski definition) is 5. The lowest BCUT2D eigenvalue weighted by Gasteiger charge is -2.06. The molecule has 2 rings (SSSR count). The lowest BCUT2D eigenvalue weighted by molar-refractivity contribution is 0.0472. The van der Waals surface area contributed by atoms with Gasteiger partial charge in [-0.3, -0.25) is 4.79 Å². The molecule has 2 aromatic rings. The molecular formula is C17H14O5. The maximum Gasteiger partial charge on any atom is 0.338 e. The third kappa shape index (κ3) is 3.79. The molecule has 0 heterocycles. The van der Waals surface area contributed by atoms with Gasteiger partial charge in [0.05, 0.1) is 18.2 Å². The second kappa shape index (κ2) is 7.17. The van der Waals surface area contributed by atoms with Gasteiger partial charge in [-0.2, -0.15) is 0 Å². The number of aldehydes is 1. The Morgan fingerprint density at radius 1 is 1.00 bits per heavy atom. The van der Waals surface area contributed by atoms with Crippen LogP contribution in [0.2, 0.25) is 0 Å². The van der Waals surface area contributed by atoms with Crippen molar-refractivity contribution < 1.29 is 23.9 Å². The summed E-state index contributed by atoms with van der Waals surface area (Å²) in [5.41, 5.74) is 1.92. The molecule has 0 unspecified atom stereocenters. The molecule has 5 heteroatoms. The van der Waals surface area contributed by atoms with Crippen molar-refractivity contribution in [3.05, 3.63) is 70.8 Å². The maximum absolute atomic E-state index is 11.9. The van der Waals surface area contributed by atoms with E-state index in [1.807, 2.05) is 0 Å². The topological polar surface area (TPSA) is 69.7 Å². The Morgan fingerprint density at radius 3 is 2.36 bits per heavy atom. The third-order valence-electron chi connectivity index (χ3n) is 3.00. The highest BCUT2D eigenvalue weighted by Gasteiger charge is 2.09. The van der Waals surface area contributed by atoms with Crippen LogP contribution in [0.15, 0.2) is 48.5 Å². The van der Waals surface area contributed by atoms with Crippen LogP contribution >= 0.6 is 0 Å². The van der Waals surface area contributed by atoms with Crippen LogP contribution in [0.25, 0.3) is 0 Å². The minimum absolute atomic E-state index is 0.0408. The van der Waals surface area contributed by atoms with Crippen molar-refractivity contribution in [3.63, 3.8) is 0 Å². The van der Waals surface area contributed by atoms with E-state index in [9.17, 15) is 14.4 Å². The first-order valence-corrected chi connectivity index (χ1v) is 6.53. The Balaban J connectivity index is 2.01. The monoisotopic (exact) mass is 298 g/mol. The molecule has 0 aromatic heterocycles. The zero-order valence-corrected chi connectivity index (χ0v) is 11.9. The predicted octanol–water partition coefficient (Wildman–Crippen LogP) is 2.64. The first kappa shape index (κ1) is 15.4. The summed E-state index contributed by atoms with van der Waals surface area (Å²) >= 11 is 0. The van der Waals surface area contributed by atoms with Crippen molar-refractivity contribution in [1.29, 1.82) is 0 Å². The summed E-state index contributed by atoms with van der Waals surface area (Å²) < 4.78 is 9.81. The summed E-state index contributed by atoms with van der Waals surface area (Å²) in [5.74, 6) is -0.946. The van der Waals surface area contributed by atoms with Gasteiger partial charge < -0.3 is 9.47 Å². The zero-order valence-electron chi connectivity index (χ0n) is 11.9. The van der Waals surface area contributed by atoms with Gasteiger partial charge in [-0.15, -0.1) is 0 Å². The van der Waals surface area contributed by atoms with Crippen molar-refractivity contribution in [2.45, 2.75) is 6.61 Å². The molecule has 0 aliphatic heterocycles. The van der Waals surface area contributed by atoms with Crippen LogP contribution in [-0.4, -0.2) is 25.3 Å². The molecule has 0 radical (unpaired) electrons. The van der Waals surface area contributed by atoms with E-state index in [4.69, 9.17) is 4.74 Å². The second-order valence-corrected chi connectivity index (χ2v) is 4.51. The molecule has 5 nitrogen and oxygen atoms in total. The summed E-state index contributed by atoms with van der Waals surface area (Å²) in [5, 5.41) is 0. The molecule has 22 heavy (non-hydrogen) atoms. The lowest BCUT2D eigenvalue weighted by Crippen LogP contribution is -2.06. The smallest absolute Gasteiger partial charge is 0.338 e. The molecule has 0 N–H and O–H groups in total. The van der Waals surface area contributed by atoms with E-state index in [0.717, 1.165) is 0 Å². The van der Waals surface area contributed by atoms with E-state index in [2.05, 4.69) is 4.74 Å². The quantitative estimate of drug-likeness (QED) is 0.627. The number of methoxy groups -OCH3 is 1. The Morgan fingerprint density at radius 2 is 1.73 bits per heavy atom. The van der Waals surface area contributed by atoms with E-state index >= 15 is 0 Å². The highest BCUT2D eigenvalue weighted by molar-refractivity contribution is 5.91. The first-order chi connectivity index (χ1) is 10.6. The number of benzene rings is 2. The normalized spacial score (nSPS) is 9.86. The number of esters is 2. The summed E-state index contributed by atoms with van der Waals surface area (Å²) in [6.07, 6.45) is 0.702. The summed E-state index contributed by atoms with van der Waals surface area (Å²) in [7, 11) is 1.30. The molecule has 2 aromatic carbocycles. The van der Waals surface area contributed by atoms with Crippen molar-refractivity contribution in [2.24, 2.45) is 0 Å². The summed E-state index contributed by atoms with van der Waals surface area (Å²) in [4.78, 5) is 33.9. The van der Waals surface area contributed by atoms with Crippen molar-refractivity contribution in [1.82, 2.24) is 0 Å². The standard InChI is InChI=1S/C17H14O5/c1-21-16(19)15-4-2-3-13(9-15)11-22-17(20)14-7-5-12(10-18)6-8-14/h2-10H,11H2,1H3. The minimum Gasteiger partial charge on any atom is -0.465 e. The number of hydrogen-bond donors (Lipinski definition) is 0. The average Bonchev–Trinajstić information content (AvgIpc) is 2.59. The number of rotatable bonds is 5. The van der Waals surface area contributed by atoms with Crippen LogP contribution in [0.1, 0.15) is 36.6 Å². The van der Waals surface area contributed by atoms with E-state index < -0.39 is 11.9 Å². The molecule has 0 saturated heterocycles. The average molecular weight is 298 g/mol. The van der Waals surface area contributed by atoms with Gasteiger partial charge in [0.2, 0.25) is 0 Å². The molecule has 0 spiro atoms. The molecule has 112 valence electrons. The van der Waals surface area contributed by atoms with Crippen molar-refractivity contribution >= 4 is 18.2 Å². The van der Waals surface area contributed by atoms with E-state index in [1.165, 1.54) is 19.2 Å². The van der Waals surface area contributed by atoms with E-state index in [1.54, 1.807) is 36.4 Å². The van der Waals surface area contributed by atoms with Crippen molar-refractivity contribution in [2.75, 3.05) is 7.11 Å². The highest BCUT2D eigenvalue weighted by Crippen LogP contribution is 2.10. The van der Waals surface area contributed by atoms with Crippen molar-refractivity contribution in [3.8, 4) is 0 Å². The van der Waals surface area contributed by atoms with Gasteiger partial charge in [-0.1, -0.05) is 24.3 Å². The van der Waals surface area contributed by atoms with Gasteiger partial charge >= 0.3 is 11.9 Å². The molecule has 0 atom stereocenters. The Hall–Kier alpha value is -2.95. The Bertz CT molecular complexity index is 688. The fraction of sp³-hybridized carbons (Fsp3) is 0.118. The van der Waals surface area contributed by atoms with Gasteiger partial charge in [0.15, 0.2) is 0 Å². The summed E-state index contributed by atoms with van der Waals surface area (Å²) in [6.45, 7) is 0.0408. The fourth-order valence-electron chi connectivity index (χ4n) is 1.84. The molecule has 0 fully saturated rings. The van der Waals surface area contributed by atoms with E-state index in [-0.39, 0.29) is 6.61 Å². The van der Waals surface area contributed by atoms with Crippen LogP contribution in [0.5, 0.6) is 0 Å². The third-order valence-corrected chi connectivity index (χ3v) is 3.00. The Kier molecular flexibility index (Phi) is 5.03. The number of carbonyl (C=O) groups is 3. The zero-order chi connectivity index (χ0) is 15.9. The fourth-order valence-corrected chi connectivity index (χ4v) is 1.84. The molecule has 0 aliphatic carbocycles. The predicted molar refractivity (Wildman–Crippen MR) is 78.7 cm³/mol. The first-order valence-electron chi connectivity index (χ1n) is 6.53.